The second-order valence-electron chi connectivity index (χ2n) is 7.89. The van der Waals surface area contributed by atoms with Gasteiger partial charge in [-0.1, -0.05) is 19.4 Å². The summed E-state index contributed by atoms with van der Waals surface area (Å²) in [6.07, 6.45) is 1.50. The van der Waals surface area contributed by atoms with Gasteiger partial charge >= 0.3 is 206 Å². The summed E-state index contributed by atoms with van der Waals surface area (Å²) in [6, 6.07) is 4.67. The number of likely N-dealkylation sites (N-methyl/N-ethyl adjacent to an activating group) is 1. The van der Waals surface area contributed by atoms with Gasteiger partial charge in [0.1, 0.15) is 0 Å². The van der Waals surface area contributed by atoms with E-state index in [1.54, 1.807) is 4.90 Å². The summed E-state index contributed by atoms with van der Waals surface area (Å²) in [7, 11) is 1.97. The van der Waals surface area contributed by atoms with Crippen molar-refractivity contribution < 1.29 is 245 Å². The maximum atomic E-state index is 11.6. The number of pyridine rings is 1. The first-order valence-electron chi connectivity index (χ1n) is 11.4. The third kappa shape index (κ3) is 29.9. The molecular weight excluding hydrogens is 617 g/mol. The zero-order chi connectivity index (χ0) is 26.6. The van der Waals surface area contributed by atoms with Gasteiger partial charge in [-0.15, -0.1) is 0 Å². The standard InChI is InChI=1S/C17H26N4O4.C5H10O2.CH2O2.4K/c1-20-8-7-18-11-13-3-2-4-14(19-13)12-21(10-9-20)15(17(24)25)5-6-16(22)23;1-2-3-4-5(6)7;2-1-3;;;;/h2-4,15,18H,5-12H2,1H3,(H,22,23)(H,24,25);2-4H2,1H3,(H,6,7);1H,(H,2,3);;;;/q;;;4*+1/p-4. The van der Waals surface area contributed by atoms with E-state index < -0.39 is 30.4 Å². The Hall–Kier alpha value is 3.46. The number of nitrogens with zero attached hydrogens (tertiary/aromatic N) is 3. The smallest absolute Gasteiger partial charge is 0.554 e. The van der Waals surface area contributed by atoms with Crippen LogP contribution in [0.5, 0.6) is 0 Å². The van der Waals surface area contributed by atoms with Crippen molar-refractivity contribution in [1.29, 1.82) is 0 Å². The number of aliphatic carboxylic acids is 3. The quantitative estimate of drug-likeness (QED) is 0.207. The Morgan fingerprint density at radius 3 is 2.05 bits per heavy atom. The maximum Gasteiger partial charge on any atom is 1.00 e. The van der Waals surface area contributed by atoms with Crippen LogP contribution in [0.4, 0.5) is 0 Å². The van der Waals surface area contributed by atoms with Crippen LogP contribution in [0.15, 0.2) is 18.2 Å². The molecule has 1 N–H and O–H groups in total. The van der Waals surface area contributed by atoms with Gasteiger partial charge in [-0.2, -0.15) is 0 Å². The molecule has 1 aliphatic rings. The maximum absolute atomic E-state index is 11.6. The zero-order valence-electron chi connectivity index (χ0n) is 24.3. The number of aromatic nitrogens is 1. The van der Waals surface area contributed by atoms with Crippen LogP contribution in [0, 0.1) is 0 Å². The van der Waals surface area contributed by atoms with Gasteiger partial charge in [0.25, 0.3) is 0 Å². The number of nitrogens with one attached hydrogen (secondary N) is 1. The largest absolute Gasteiger partial charge is 1.00 e. The van der Waals surface area contributed by atoms with Crippen molar-refractivity contribution in [3.05, 3.63) is 29.6 Å². The van der Waals surface area contributed by atoms with Crippen molar-refractivity contribution in [3.63, 3.8) is 0 Å². The molecule has 1 aromatic heterocycles. The molecule has 0 radical (unpaired) electrons. The number of unbranched alkanes of at least 4 members (excludes halogenated alkanes) is 1. The van der Waals surface area contributed by atoms with E-state index in [0.29, 0.717) is 26.2 Å². The monoisotopic (exact) mass is 650 g/mol. The molecule has 0 saturated heterocycles. The first-order valence-corrected chi connectivity index (χ1v) is 11.4. The van der Waals surface area contributed by atoms with E-state index in [-0.39, 0.29) is 225 Å². The third-order valence-corrected chi connectivity index (χ3v) is 5.04. The number of rotatable bonds is 8. The Bertz CT molecular complexity index is 796. The Labute approximate surface area is 401 Å². The van der Waals surface area contributed by atoms with Crippen molar-refractivity contribution in [2.24, 2.45) is 0 Å². The minimum Gasteiger partial charge on any atom is -0.554 e. The van der Waals surface area contributed by atoms with Gasteiger partial charge in [0.05, 0.1) is 23.4 Å². The van der Waals surface area contributed by atoms with Gasteiger partial charge in [-0.05, 0) is 44.9 Å². The molecule has 16 heteroatoms. The molecule has 1 atom stereocenters. The SMILES string of the molecule is CCCCC(=O)[O-].CN1CCNCc2cccc(n2)CN(C(CCC(=O)[O-])C(=O)[O-])CC1.O=C[O-].[K+].[K+].[K+].[K+]. The molecule has 12 nitrogen and oxygen atoms in total. The minimum absolute atomic E-state index is 0. The van der Waals surface area contributed by atoms with E-state index in [2.05, 4.69) is 15.2 Å². The predicted octanol–water partition coefficient (Wildman–Crippen LogP) is -16.1. The fourth-order valence-corrected chi connectivity index (χ4v) is 3.19. The number of fused-ring (bicyclic) bond motifs is 2. The van der Waals surface area contributed by atoms with Gasteiger partial charge in [-0.25, -0.2) is 0 Å². The van der Waals surface area contributed by atoms with Crippen molar-refractivity contribution in [2.75, 3.05) is 33.2 Å². The third-order valence-electron chi connectivity index (χ3n) is 5.04. The van der Waals surface area contributed by atoms with Crippen molar-refractivity contribution in [2.45, 2.75) is 58.2 Å². The fourth-order valence-electron chi connectivity index (χ4n) is 3.19. The van der Waals surface area contributed by atoms with E-state index in [1.165, 1.54) is 0 Å². The predicted molar refractivity (Wildman–Crippen MR) is 117 cm³/mol. The Balaban J connectivity index is -0.000000238. The Morgan fingerprint density at radius 2 is 1.56 bits per heavy atom. The number of hydrogen-bond donors (Lipinski definition) is 1. The second-order valence-corrected chi connectivity index (χ2v) is 7.89. The zero-order valence-corrected chi connectivity index (χ0v) is 36.8. The van der Waals surface area contributed by atoms with Gasteiger partial charge in [0.15, 0.2) is 0 Å². The normalized spacial score (nSPS) is 13.9. The Kier molecular flexibility index (Phi) is 45.8. The minimum atomic E-state index is -1.27. The van der Waals surface area contributed by atoms with Gasteiger partial charge in [0, 0.05) is 57.7 Å². The molecule has 2 bridgehead atoms. The molecule has 0 amide bonds. The molecule has 0 spiro atoms. The number of hydrogen-bond acceptors (Lipinski definition) is 12. The summed E-state index contributed by atoms with van der Waals surface area (Å²) in [6.45, 7) is 5.19. The first-order chi connectivity index (χ1) is 16.6. The van der Waals surface area contributed by atoms with Gasteiger partial charge < -0.3 is 49.8 Å². The molecule has 0 fully saturated rings. The van der Waals surface area contributed by atoms with E-state index in [1.807, 2.05) is 32.2 Å². The summed E-state index contributed by atoms with van der Waals surface area (Å²) in [5.74, 6) is -3.47. The number of carbonyl (C=O) groups is 4. The van der Waals surface area contributed by atoms with Gasteiger partial charge in [0.2, 0.25) is 0 Å². The molecule has 1 aliphatic heterocycles. The van der Waals surface area contributed by atoms with Crippen LogP contribution in [0.25, 0.3) is 0 Å². The van der Waals surface area contributed by atoms with Crippen LogP contribution in [0.1, 0.15) is 50.4 Å². The first kappa shape index (κ1) is 52.0. The molecule has 2 heterocycles. The molecule has 1 unspecified atom stereocenters. The molecule has 39 heavy (non-hydrogen) atoms. The van der Waals surface area contributed by atoms with Gasteiger partial charge in [-0.3, -0.25) is 9.88 Å². The van der Waals surface area contributed by atoms with Crippen molar-refractivity contribution in [3.8, 4) is 0 Å². The number of carboxylic acid groups (broad SMARTS) is 4. The summed E-state index contributed by atoms with van der Waals surface area (Å²) in [4.78, 5) is 48.6. The van der Waals surface area contributed by atoms with E-state index in [4.69, 9.17) is 9.90 Å². The molecule has 2 rings (SSSR count). The summed E-state index contributed by atoms with van der Waals surface area (Å²) in [5.41, 5.74) is 1.64. The van der Waals surface area contributed by atoms with Crippen LogP contribution >= 0.6 is 0 Å². The summed E-state index contributed by atoms with van der Waals surface area (Å²) < 4.78 is 0. The summed E-state index contributed by atoms with van der Waals surface area (Å²) in [5, 5.41) is 43.6. The van der Waals surface area contributed by atoms with Crippen LogP contribution in [-0.4, -0.2) is 78.4 Å². The molecule has 0 aromatic carbocycles. The molecular formula is C23H34K4N4O8. The average Bonchev–Trinajstić information content (AvgIpc) is 2.79. The molecule has 0 saturated carbocycles. The average molecular weight is 651 g/mol. The molecule has 198 valence electrons. The van der Waals surface area contributed by atoms with Crippen LogP contribution < -0.4 is 231 Å². The number of carbonyl (C=O) groups excluding carboxylic acids is 4. The topological polar surface area (TPSA) is 192 Å². The molecule has 1 aromatic rings. The fraction of sp³-hybridized carbons (Fsp3) is 0.609. The second kappa shape index (κ2) is 34.3. The van der Waals surface area contributed by atoms with E-state index in [0.717, 1.165) is 37.3 Å². The van der Waals surface area contributed by atoms with Crippen molar-refractivity contribution >= 4 is 24.4 Å². The number of carboxylic acids is 3. The van der Waals surface area contributed by atoms with Crippen LogP contribution in [0.3, 0.4) is 0 Å². The van der Waals surface area contributed by atoms with Crippen LogP contribution in [-0.2, 0) is 32.3 Å². The van der Waals surface area contributed by atoms with Crippen molar-refractivity contribution in [1.82, 2.24) is 20.1 Å². The van der Waals surface area contributed by atoms with E-state index in [9.17, 15) is 29.7 Å². The molecule has 0 aliphatic carbocycles. The van der Waals surface area contributed by atoms with E-state index >= 15 is 0 Å². The Morgan fingerprint density at radius 1 is 1.00 bits per heavy atom. The summed E-state index contributed by atoms with van der Waals surface area (Å²) >= 11 is 0. The van der Waals surface area contributed by atoms with Crippen LogP contribution in [0.2, 0.25) is 0 Å².